The van der Waals surface area contributed by atoms with Gasteiger partial charge in [0.05, 0.1) is 24.2 Å². The zero-order chi connectivity index (χ0) is 33.2. The lowest BCUT2D eigenvalue weighted by atomic mass is 9.85. The van der Waals surface area contributed by atoms with Crippen molar-refractivity contribution in [1.29, 1.82) is 0 Å². The maximum absolute atomic E-state index is 13.7. The van der Waals surface area contributed by atoms with Crippen molar-refractivity contribution in [2.45, 2.75) is 64.2 Å². The predicted molar refractivity (Wildman–Crippen MR) is 153 cm³/mol. The zero-order valence-corrected chi connectivity index (χ0v) is 25.6. The summed E-state index contributed by atoms with van der Waals surface area (Å²) in [6.45, 7) is 9.25. The van der Waals surface area contributed by atoms with Crippen molar-refractivity contribution >= 4 is 56.8 Å². The molecule has 1 unspecified atom stereocenters. The third-order valence-electron chi connectivity index (χ3n) is 6.31. The van der Waals surface area contributed by atoms with E-state index in [-0.39, 0.29) is 29.2 Å². The van der Waals surface area contributed by atoms with E-state index in [1.54, 1.807) is 59.7 Å². The van der Waals surface area contributed by atoms with Crippen LogP contribution < -0.4 is 25.0 Å². The number of carbonyl (C=O) groups is 3. The molecule has 0 saturated carbocycles. The molecule has 44 heavy (non-hydrogen) atoms. The van der Waals surface area contributed by atoms with E-state index in [0.29, 0.717) is 5.56 Å². The van der Waals surface area contributed by atoms with Gasteiger partial charge >= 0.3 is 33.9 Å². The van der Waals surface area contributed by atoms with E-state index in [2.05, 4.69) is 14.2 Å². The highest BCUT2D eigenvalue weighted by Crippen LogP contribution is 2.62. The molecule has 240 valence electrons. The van der Waals surface area contributed by atoms with Gasteiger partial charge in [-0.2, -0.15) is 21.6 Å². The van der Waals surface area contributed by atoms with Crippen molar-refractivity contribution in [3.05, 3.63) is 35.4 Å². The molecule has 0 spiro atoms. The Bertz CT molecular complexity index is 1650. The third kappa shape index (κ3) is 5.87. The van der Waals surface area contributed by atoms with E-state index in [9.17, 15) is 36.0 Å². The Morgan fingerprint density at radius 1 is 0.955 bits per heavy atom. The minimum atomic E-state index is -6.41. The molecule has 4 rings (SSSR count). The monoisotopic (exact) mass is 644 g/mol. The molecule has 17 heteroatoms. The Morgan fingerprint density at radius 2 is 1.52 bits per heavy atom. The van der Waals surface area contributed by atoms with E-state index in [4.69, 9.17) is 15.2 Å². The van der Waals surface area contributed by atoms with Crippen LogP contribution in [0.5, 0.6) is 5.75 Å². The van der Waals surface area contributed by atoms with Crippen molar-refractivity contribution in [2.24, 2.45) is 0 Å². The Labute approximate surface area is 251 Å². The topological polar surface area (TPSA) is 167 Å². The van der Waals surface area contributed by atoms with E-state index < -0.39 is 68.2 Å². The van der Waals surface area contributed by atoms with Gasteiger partial charge in [-0.3, -0.25) is 10.2 Å². The van der Waals surface area contributed by atoms with Crippen molar-refractivity contribution < 1.29 is 54.4 Å². The van der Waals surface area contributed by atoms with Crippen molar-refractivity contribution in [3.8, 4) is 5.75 Å². The summed E-state index contributed by atoms with van der Waals surface area (Å²) in [5, 5.41) is 2.14. The smallest absolute Gasteiger partial charge is 0.453 e. The van der Waals surface area contributed by atoms with Crippen LogP contribution in [-0.4, -0.2) is 57.1 Å². The molecule has 3 amide bonds. The summed E-state index contributed by atoms with van der Waals surface area (Å²) in [5.41, 5.74) is -3.06. The molecule has 1 atom stereocenters. The number of nitrogens with one attached hydrogen (secondary N) is 1. The molecule has 2 aromatic rings. The standard InChI is InChI=1S/C27H31F3N4O9S/c1-25(2,3)41-23(36)33-12-14-13-10-8-9-11-15(13)34(24(37)42-26(4,5)6)19-16(14)20(33)18(32-22(35)40-7)21(17(19)31)43-44(38,39)27(28,29)30/h8-11,14H,12,31H2,1-7H3,(H,32,35). The van der Waals surface area contributed by atoms with Crippen molar-refractivity contribution in [3.63, 3.8) is 0 Å². The highest BCUT2D eigenvalue weighted by atomic mass is 32.2. The number of rotatable bonds is 3. The van der Waals surface area contributed by atoms with Gasteiger partial charge in [0.15, 0.2) is 5.75 Å². The van der Waals surface area contributed by atoms with Crippen LogP contribution in [0.15, 0.2) is 24.3 Å². The van der Waals surface area contributed by atoms with Gasteiger partial charge in [0.25, 0.3) is 0 Å². The largest absolute Gasteiger partial charge is 0.534 e. The SMILES string of the molecule is COC(=O)Nc1c(OS(=O)(=O)C(F)(F)F)c(N)c2c3c1N(C(=O)OC(C)(C)C)CC3c1ccccc1N2C(=O)OC(C)(C)C. The molecule has 0 aromatic heterocycles. The summed E-state index contributed by atoms with van der Waals surface area (Å²) < 4.78 is 85.6. The Kier molecular flexibility index (Phi) is 7.86. The molecule has 3 N–H and O–H groups in total. The van der Waals surface area contributed by atoms with Gasteiger partial charge in [-0.05, 0) is 53.2 Å². The number of hydrogen-bond acceptors (Lipinski definition) is 10. The lowest BCUT2D eigenvalue weighted by Gasteiger charge is -2.36. The van der Waals surface area contributed by atoms with Crippen LogP contribution in [0.1, 0.15) is 58.6 Å². The molecular weight excluding hydrogens is 613 g/mol. The molecular formula is C27H31F3N4O9S. The second-order valence-corrected chi connectivity index (χ2v) is 13.4. The number of carbonyl (C=O) groups excluding carboxylic acids is 3. The van der Waals surface area contributed by atoms with Gasteiger partial charge in [-0.15, -0.1) is 0 Å². The molecule has 13 nitrogen and oxygen atoms in total. The average Bonchev–Trinajstić information content (AvgIpc) is 3.27. The number of nitrogen functional groups attached to an aromatic ring is 1. The molecule has 2 aromatic carbocycles. The summed E-state index contributed by atoms with van der Waals surface area (Å²) in [7, 11) is -5.47. The number of nitrogens with two attached hydrogens (primary N) is 1. The molecule has 0 aliphatic carbocycles. The summed E-state index contributed by atoms with van der Waals surface area (Å²) in [6.07, 6.45) is -3.29. The fourth-order valence-electron chi connectivity index (χ4n) is 4.81. The second kappa shape index (κ2) is 10.6. The molecule has 2 aliphatic heterocycles. The molecule has 0 radical (unpaired) electrons. The number of hydrogen-bond donors (Lipinski definition) is 2. The lowest BCUT2D eigenvalue weighted by Crippen LogP contribution is -2.37. The number of alkyl halides is 3. The molecule has 0 bridgehead atoms. The van der Waals surface area contributed by atoms with Gasteiger partial charge in [0.2, 0.25) is 0 Å². The van der Waals surface area contributed by atoms with Crippen molar-refractivity contribution in [1.82, 2.24) is 0 Å². The average molecular weight is 645 g/mol. The minimum absolute atomic E-state index is 0.0843. The summed E-state index contributed by atoms with van der Waals surface area (Å²) in [6, 6.07) is 6.42. The first-order chi connectivity index (χ1) is 20.1. The normalized spacial score (nSPS) is 16.1. The van der Waals surface area contributed by atoms with Crippen LogP contribution in [-0.2, 0) is 24.3 Å². The highest BCUT2D eigenvalue weighted by Gasteiger charge is 2.52. The summed E-state index contributed by atoms with van der Waals surface area (Å²) in [4.78, 5) is 41.7. The van der Waals surface area contributed by atoms with Gasteiger partial charge in [0, 0.05) is 18.0 Å². The first-order valence-corrected chi connectivity index (χ1v) is 14.5. The number of halogens is 3. The quantitative estimate of drug-likeness (QED) is 0.176. The minimum Gasteiger partial charge on any atom is -0.453 e. The number of para-hydroxylation sites is 1. The molecule has 0 saturated heterocycles. The van der Waals surface area contributed by atoms with Crippen LogP contribution >= 0.6 is 0 Å². The van der Waals surface area contributed by atoms with Crippen molar-refractivity contribution in [2.75, 3.05) is 34.5 Å². The Hall–Kier alpha value is -4.41. The number of anilines is 5. The number of methoxy groups -OCH3 is 1. The summed E-state index contributed by atoms with van der Waals surface area (Å²) >= 11 is 0. The van der Waals surface area contributed by atoms with Crippen LogP contribution in [0.4, 0.5) is 56.0 Å². The molecule has 0 fully saturated rings. The van der Waals surface area contributed by atoms with Gasteiger partial charge < -0.3 is 24.1 Å². The third-order valence-corrected chi connectivity index (χ3v) is 7.27. The number of ether oxygens (including phenoxy) is 3. The Balaban J connectivity index is 2.16. The first kappa shape index (κ1) is 32.5. The van der Waals surface area contributed by atoms with Crippen LogP contribution in [0.25, 0.3) is 0 Å². The van der Waals surface area contributed by atoms with Crippen LogP contribution in [0.2, 0.25) is 0 Å². The Morgan fingerprint density at radius 3 is 2.07 bits per heavy atom. The molecule has 2 heterocycles. The van der Waals surface area contributed by atoms with Gasteiger partial charge in [0.1, 0.15) is 22.6 Å². The maximum atomic E-state index is 13.7. The van der Waals surface area contributed by atoms with Crippen LogP contribution in [0, 0.1) is 0 Å². The fourth-order valence-corrected chi connectivity index (χ4v) is 5.30. The zero-order valence-electron chi connectivity index (χ0n) is 24.8. The first-order valence-electron chi connectivity index (χ1n) is 13.1. The molecule has 2 aliphatic rings. The number of amides is 3. The number of fused-ring (bicyclic) bond motifs is 2. The number of nitrogens with zero attached hydrogens (tertiary/aromatic N) is 2. The van der Waals surface area contributed by atoms with Crippen LogP contribution in [0.3, 0.4) is 0 Å². The van der Waals surface area contributed by atoms with E-state index in [1.807, 2.05) is 0 Å². The fraction of sp³-hybridized carbons (Fsp3) is 0.444. The maximum Gasteiger partial charge on any atom is 0.534 e. The van der Waals surface area contributed by atoms with E-state index in [1.165, 1.54) is 6.07 Å². The van der Waals surface area contributed by atoms with Gasteiger partial charge in [-0.1, -0.05) is 18.2 Å². The number of benzene rings is 2. The lowest BCUT2D eigenvalue weighted by molar-refractivity contribution is -0.0499. The summed E-state index contributed by atoms with van der Waals surface area (Å²) in [5.74, 6) is -2.00. The van der Waals surface area contributed by atoms with E-state index in [0.717, 1.165) is 16.9 Å². The second-order valence-electron chi connectivity index (χ2n) is 11.8. The van der Waals surface area contributed by atoms with Gasteiger partial charge in [-0.25, -0.2) is 19.3 Å². The highest BCUT2D eigenvalue weighted by molar-refractivity contribution is 7.88. The predicted octanol–water partition coefficient (Wildman–Crippen LogP) is 5.95. The van der Waals surface area contributed by atoms with E-state index >= 15 is 0 Å².